The topological polar surface area (TPSA) is 30.2 Å². The predicted octanol–water partition coefficient (Wildman–Crippen LogP) is 5.32. The highest BCUT2D eigenvalue weighted by molar-refractivity contribution is 6.30. The minimum atomic E-state index is 0.532. The van der Waals surface area contributed by atoms with Crippen molar-refractivity contribution >= 4 is 17.2 Å². The molecule has 0 bridgehead atoms. The van der Waals surface area contributed by atoms with Gasteiger partial charge in [-0.15, -0.1) is 0 Å². The van der Waals surface area contributed by atoms with Crippen LogP contribution in [0.25, 0.3) is 16.8 Å². The van der Waals surface area contributed by atoms with Crippen LogP contribution in [0, 0.1) is 13.8 Å². The molecule has 0 atom stereocenters. The molecular weight excluding hydrogens is 306 g/mol. The monoisotopic (exact) mass is 325 g/mol. The van der Waals surface area contributed by atoms with Gasteiger partial charge < -0.3 is 0 Å². The number of aryl methyl sites for hydroxylation is 2. The summed E-state index contributed by atoms with van der Waals surface area (Å²) in [6.07, 6.45) is 4.98. The van der Waals surface area contributed by atoms with Crippen LogP contribution in [0.15, 0.2) is 30.3 Å². The minimum Gasteiger partial charge on any atom is -0.233 e. The number of halogens is 1. The number of hydrogen-bond acceptors (Lipinski definition) is 2. The quantitative estimate of drug-likeness (QED) is 0.596. The molecule has 4 heteroatoms. The van der Waals surface area contributed by atoms with Crippen LogP contribution in [0.1, 0.15) is 48.6 Å². The van der Waals surface area contributed by atoms with E-state index in [9.17, 15) is 0 Å². The summed E-state index contributed by atoms with van der Waals surface area (Å²) in [5.74, 6) is 0.532. The molecule has 1 aliphatic carbocycles. The van der Waals surface area contributed by atoms with Crippen molar-refractivity contribution in [3.8, 4) is 11.1 Å². The van der Waals surface area contributed by atoms with E-state index in [1.807, 2.05) is 29.6 Å². The van der Waals surface area contributed by atoms with Crippen LogP contribution >= 0.6 is 11.6 Å². The van der Waals surface area contributed by atoms with Crippen molar-refractivity contribution in [1.29, 1.82) is 0 Å². The van der Waals surface area contributed by atoms with Crippen molar-refractivity contribution in [2.75, 3.05) is 0 Å². The van der Waals surface area contributed by atoms with Gasteiger partial charge in [0, 0.05) is 16.8 Å². The molecule has 1 saturated carbocycles. The molecule has 0 spiro atoms. The van der Waals surface area contributed by atoms with Crippen LogP contribution in [0.3, 0.4) is 0 Å². The first kappa shape index (κ1) is 14.7. The fourth-order valence-corrected chi connectivity index (χ4v) is 4.27. The number of benzene rings is 1. The van der Waals surface area contributed by atoms with Gasteiger partial charge in [0.15, 0.2) is 5.65 Å². The van der Waals surface area contributed by atoms with E-state index in [0.717, 1.165) is 33.3 Å². The third-order valence-electron chi connectivity index (χ3n) is 4.93. The highest BCUT2D eigenvalue weighted by Crippen LogP contribution is 2.40. The van der Waals surface area contributed by atoms with Crippen LogP contribution in [0.2, 0.25) is 5.15 Å². The van der Waals surface area contributed by atoms with Gasteiger partial charge in [-0.25, -0.2) is 9.50 Å². The molecule has 1 fully saturated rings. The Balaban J connectivity index is 1.97. The standard InChI is InChI=1S/C19H20ClN3/c1-12-16(14-10-6-7-11-14)18(20)23-19(21-12)17(13(2)22-23)15-8-4-3-5-9-15/h3-5,8-9,14H,6-7,10-11H2,1-2H3. The number of nitrogens with zero attached hydrogens (tertiary/aromatic N) is 3. The fraction of sp³-hybridized carbons (Fsp3) is 0.368. The largest absolute Gasteiger partial charge is 0.233 e. The molecule has 3 aromatic rings. The molecule has 2 heterocycles. The van der Waals surface area contributed by atoms with Crippen molar-refractivity contribution in [2.45, 2.75) is 45.4 Å². The van der Waals surface area contributed by atoms with E-state index in [1.165, 1.54) is 31.2 Å². The molecule has 1 aliphatic rings. The van der Waals surface area contributed by atoms with Crippen molar-refractivity contribution < 1.29 is 0 Å². The van der Waals surface area contributed by atoms with E-state index in [1.54, 1.807) is 0 Å². The molecule has 0 saturated heterocycles. The first-order chi connectivity index (χ1) is 11.2. The Labute approximate surface area is 141 Å². The van der Waals surface area contributed by atoms with Crippen LogP contribution in [0.5, 0.6) is 0 Å². The van der Waals surface area contributed by atoms with E-state index in [2.05, 4.69) is 24.2 Å². The lowest BCUT2D eigenvalue weighted by molar-refractivity contribution is 0.699. The summed E-state index contributed by atoms with van der Waals surface area (Å²) in [5.41, 5.74) is 6.28. The normalized spacial score (nSPS) is 15.6. The maximum Gasteiger partial charge on any atom is 0.165 e. The summed E-state index contributed by atoms with van der Waals surface area (Å²) < 4.78 is 1.83. The molecular formula is C19H20ClN3. The van der Waals surface area contributed by atoms with Gasteiger partial charge in [-0.3, -0.25) is 0 Å². The zero-order valence-corrected chi connectivity index (χ0v) is 14.3. The van der Waals surface area contributed by atoms with E-state index in [0.29, 0.717) is 5.92 Å². The lowest BCUT2D eigenvalue weighted by Gasteiger charge is -2.15. The Morgan fingerprint density at radius 2 is 1.74 bits per heavy atom. The first-order valence-electron chi connectivity index (χ1n) is 8.27. The molecule has 0 aliphatic heterocycles. The summed E-state index contributed by atoms with van der Waals surface area (Å²) in [4.78, 5) is 4.89. The number of aromatic nitrogens is 3. The molecule has 0 N–H and O–H groups in total. The van der Waals surface area contributed by atoms with Crippen molar-refractivity contribution in [3.63, 3.8) is 0 Å². The van der Waals surface area contributed by atoms with E-state index < -0.39 is 0 Å². The summed E-state index contributed by atoms with van der Waals surface area (Å²) in [6, 6.07) is 10.3. The third kappa shape index (κ3) is 2.34. The average Bonchev–Trinajstić information content (AvgIpc) is 3.16. The molecule has 0 unspecified atom stereocenters. The average molecular weight is 326 g/mol. The van der Waals surface area contributed by atoms with Crippen LogP contribution in [-0.2, 0) is 0 Å². The molecule has 23 heavy (non-hydrogen) atoms. The van der Waals surface area contributed by atoms with Crippen LogP contribution < -0.4 is 0 Å². The lowest BCUT2D eigenvalue weighted by atomic mass is 9.97. The zero-order chi connectivity index (χ0) is 16.0. The van der Waals surface area contributed by atoms with Gasteiger partial charge in [-0.2, -0.15) is 5.10 Å². The second kappa shape index (κ2) is 5.64. The second-order valence-electron chi connectivity index (χ2n) is 6.44. The summed E-state index contributed by atoms with van der Waals surface area (Å²) in [7, 11) is 0. The molecule has 0 radical (unpaired) electrons. The lowest BCUT2D eigenvalue weighted by Crippen LogP contribution is -2.06. The van der Waals surface area contributed by atoms with Gasteiger partial charge in [-0.05, 0) is 38.2 Å². The summed E-state index contributed by atoms with van der Waals surface area (Å²) >= 11 is 6.76. The van der Waals surface area contributed by atoms with Crippen molar-refractivity contribution in [2.24, 2.45) is 0 Å². The van der Waals surface area contributed by atoms with Gasteiger partial charge >= 0.3 is 0 Å². The Kier molecular flexibility index (Phi) is 3.61. The third-order valence-corrected chi connectivity index (χ3v) is 5.30. The van der Waals surface area contributed by atoms with Crippen LogP contribution in [0.4, 0.5) is 0 Å². The summed E-state index contributed by atoms with van der Waals surface area (Å²) in [6.45, 7) is 4.11. The smallest absolute Gasteiger partial charge is 0.165 e. The van der Waals surface area contributed by atoms with Gasteiger partial charge in [-0.1, -0.05) is 54.8 Å². The van der Waals surface area contributed by atoms with E-state index >= 15 is 0 Å². The zero-order valence-electron chi connectivity index (χ0n) is 13.5. The molecule has 0 amide bonds. The molecule has 2 aromatic heterocycles. The highest BCUT2D eigenvalue weighted by atomic mass is 35.5. The molecule has 1 aromatic carbocycles. The SMILES string of the molecule is Cc1nc2c(-c3ccccc3)c(C)nn2c(Cl)c1C1CCCC1. The Hall–Kier alpha value is -1.87. The molecule has 118 valence electrons. The number of rotatable bonds is 2. The van der Waals surface area contributed by atoms with Crippen molar-refractivity contribution in [1.82, 2.24) is 14.6 Å². The minimum absolute atomic E-state index is 0.532. The molecule has 4 rings (SSSR count). The second-order valence-corrected chi connectivity index (χ2v) is 6.80. The van der Waals surface area contributed by atoms with Gasteiger partial charge in [0.25, 0.3) is 0 Å². The maximum atomic E-state index is 6.76. The number of hydrogen-bond donors (Lipinski definition) is 0. The van der Waals surface area contributed by atoms with Gasteiger partial charge in [0.2, 0.25) is 0 Å². The number of fused-ring (bicyclic) bond motifs is 1. The van der Waals surface area contributed by atoms with Crippen molar-refractivity contribution in [3.05, 3.63) is 52.4 Å². The Morgan fingerprint density at radius 3 is 2.43 bits per heavy atom. The molecule has 3 nitrogen and oxygen atoms in total. The Bertz CT molecular complexity index is 861. The van der Waals surface area contributed by atoms with Gasteiger partial charge in [0.05, 0.1) is 5.69 Å². The fourth-order valence-electron chi connectivity index (χ4n) is 3.86. The van der Waals surface area contributed by atoms with Crippen LogP contribution in [-0.4, -0.2) is 14.6 Å². The van der Waals surface area contributed by atoms with E-state index in [4.69, 9.17) is 16.6 Å². The maximum absolute atomic E-state index is 6.76. The highest BCUT2D eigenvalue weighted by Gasteiger charge is 2.26. The first-order valence-corrected chi connectivity index (χ1v) is 8.65. The van der Waals surface area contributed by atoms with E-state index in [-0.39, 0.29) is 0 Å². The Morgan fingerprint density at radius 1 is 1.04 bits per heavy atom. The van der Waals surface area contributed by atoms with Gasteiger partial charge in [0.1, 0.15) is 5.15 Å². The predicted molar refractivity (Wildman–Crippen MR) is 94.1 cm³/mol. The summed E-state index contributed by atoms with van der Waals surface area (Å²) in [5, 5.41) is 5.42.